The molecule has 1 aromatic carbocycles. The molecule has 3 heteroatoms. The first-order valence-corrected chi connectivity index (χ1v) is 5.59. The predicted molar refractivity (Wildman–Crippen MR) is 62.3 cm³/mol. The van der Waals surface area contributed by atoms with Gasteiger partial charge in [0, 0.05) is 17.0 Å². The Hall–Kier alpha value is -1.22. The van der Waals surface area contributed by atoms with Gasteiger partial charge in [-0.2, -0.15) is 0 Å². The minimum absolute atomic E-state index is 0.532. The van der Waals surface area contributed by atoms with Crippen LogP contribution in [0.3, 0.4) is 0 Å². The average molecular weight is 267 g/mol. The van der Waals surface area contributed by atoms with Crippen molar-refractivity contribution in [3.63, 3.8) is 0 Å². The van der Waals surface area contributed by atoms with Crippen LogP contribution in [-0.2, 0) is 6.42 Å². The lowest BCUT2D eigenvalue weighted by Crippen LogP contribution is -1.80. The molecule has 0 atom stereocenters. The molecule has 0 N–H and O–H groups in total. The molecule has 2 nitrogen and oxygen atoms in total. The second-order valence-electron chi connectivity index (χ2n) is 3.13. The Labute approximate surface area is 97.0 Å². The molecule has 0 unspecified atom stereocenters. The molecule has 0 radical (unpaired) electrons. The first kappa shape index (κ1) is 10.3. The van der Waals surface area contributed by atoms with Crippen LogP contribution in [0.5, 0.6) is 11.7 Å². The summed E-state index contributed by atoms with van der Waals surface area (Å²) >= 11 is 3.38. The largest absolute Gasteiger partial charge is 0.431 e. The molecule has 1 aromatic heterocycles. The molecule has 0 aliphatic rings. The number of hydrogen-bond donors (Lipinski definition) is 0. The monoisotopic (exact) mass is 266 g/mol. The lowest BCUT2D eigenvalue weighted by atomic mass is 10.3. The minimum atomic E-state index is 0.532. The highest BCUT2D eigenvalue weighted by molar-refractivity contribution is 9.10. The zero-order chi connectivity index (χ0) is 10.7. The van der Waals surface area contributed by atoms with Gasteiger partial charge in [-0.25, -0.2) is 0 Å². The standard InChI is InChI=1S/C12H11BrO2/c1-2-10-6-7-12(14-10)15-11-5-3-4-9(13)8-11/h3-8H,2H2,1H3. The van der Waals surface area contributed by atoms with Crippen molar-refractivity contribution in [2.24, 2.45) is 0 Å². The van der Waals surface area contributed by atoms with Crippen LogP contribution >= 0.6 is 15.9 Å². The van der Waals surface area contributed by atoms with Crippen LogP contribution in [0, 0.1) is 0 Å². The van der Waals surface area contributed by atoms with Crippen molar-refractivity contribution in [3.8, 4) is 11.7 Å². The van der Waals surface area contributed by atoms with Crippen molar-refractivity contribution in [1.82, 2.24) is 0 Å². The topological polar surface area (TPSA) is 22.4 Å². The summed E-state index contributed by atoms with van der Waals surface area (Å²) in [5.41, 5.74) is 0. The second kappa shape index (κ2) is 4.53. The fourth-order valence-electron chi connectivity index (χ4n) is 1.25. The highest BCUT2D eigenvalue weighted by Crippen LogP contribution is 2.25. The average Bonchev–Trinajstić information content (AvgIpc) is 2.65. The van der Waals surface area contributed by atoms with Gasteiger partial charge >= 0.3 is 0 Å². The van der Waals surface area contributed by atoms with Gasteiger partial charge in [-0.1, -0.05) is 28.9 Å². The SMILES string of the molecule is CCc1ccc(Oc2cccc(Br)c2)o1. The van der Waals surface area contributed by atoms with Crippen molar-refractivity contribution in [2.45, 2.75) is 13.3 Å². The fraction of sp³-hybridized carbons (Fsp3) is 0.167. The zero-order valence-corrected chi connectivity index (χ0v) is 9.95. The normalized spacial score (nSPS) is 10.3. The van der Waals surface area contributed by atoms with Gasteiger partial charge in [0.15, 0.2) is 0 Å². The van der Waals surface area contributed by atoms with Gasteiger partial charge in [0.25, 0.3) is 5.95 Å². The summed E-state index contributed by atoms with van der Waals surface area (Å²) in [5.74, 6) is 2.23. The Morgan fingerprint density at radius 2 is 2.13 bits per heavy atom. The van der Waals surface area contributed by atoms with Crippen molar-refractivity contribution in [1.29, 1.82) is 0 Å². The Bertz CT molecular complexity index is 448. The molecule has 0 fully saturated rings. The number of benzene rings is 1. The smallest absolute Gasteiger partial charge is 0.290 e. The molecule has 0 aliphatic heterocycles. The first-order valence-electron chi connectivity index (χ1n) is 4.80. The number of furan rings is 1. The van der Waals surface area contributed by atoms with Crippen molar-refractivity contribution in [2.75, 3.05) is 0 Å². The maximum atomic E-state index is 5.54. The molecule has 1 heterocycles. The third-order valence-electron chi connectivity index (χ3n) is 2.00. The van der Waals surface area contributed by atoms with Crippen LogP contribution in [0.4, 0.5) is 0 Å². The summed E-state index contributed by atoms with van der Waals surface area (Å²) in [7, 11) is 0. The lowest BCUT2D eigenvalue weighted by molar-refractivity contribution is 0.333. The van der Waals surface area contributed by atoms with Crippen LogP contribution < -0.4 is 4.74 Å². The first-order chi connectivity index (χ1) is 7.28. The summed E-state index contributed by atoms with van der Waals surface area (Å²) in [6, 6.07) is 11.4. The van der Waals surface area contributed by atoms with Gasteiger partial charge in [0.05, 0.1) is 0 Å². The molecule has 0 saturated heterocycles. The third kappa shape index (κ3) is 2.63. The van der Waals surface area contributed by atoms with Gasteiger partial charge in [0.1, 0.15) is 11.5 Å². The summed E-state index contributed by atoms with van der Waals surface area (Å²) in [6.45, 7) is 2.04. The van der Waals surface area contributed by atoms with Gasteiger partial charge < -0.3 is 9.15 Å². The van der Waals surface area contributed by atoms with Crippen LogP contribution in [-0.4, -0.2) is 0 Å². The number of hydrogen-bond acceptors (Lipinski definition) is 2. The number of aryl methyl sites for hydroxylation is 1. The molecule has 0 amide bonds. The molecule has 0 saturated carbocycles. The van der Waals surface area contributed by atoms with Gasteiger partial charge in [-0.3, -0.25) is 0 Å². The van der Waals surface area contributed by atoms with E-state index in [0.717, 1.165) is 22.4 Å². The molecule has 78 valence electrons. The quantitative estimate of drug-likeness (QED) is 0.822. The van der Waals surface area contributed by atoms with E-state index in [-0.39, 0.29) is 0 Å². The van der Waals surface area contributed by atoms with E-state index in [9.17, 15) is 0 Å². The zero-order valence-electron chi connectivity index (χ0n) is 8.37. The molecule has 0 aliphatic carbocycles. The van der Waals surface area contributed by atoms with Crippen LogP contribution in [0.1, 0.15) is 12.7 Å². The number of rotatable bonds is 3. The Kier molecular flexibility index (Phi) is 3.11. The number of ether oxygens (including phenoxy) is 1. The van der Waals surface area contributed by atoms with Gasteiger partial charge in [-0.15, -0.1) is 0 Å². The summed E-state index contributed by atoms with van der Waals surface area (Å²) in [6.07, 6.45) is 0.877. The van der Waals surface area contributed by atoms with E-state index < -0.39 is 0 Å². The van der Waals surface area contributed by atoms with E-state index >= 15 is 0 Å². The van der Waals surface area contributed by atoms with E-state index in [2.05, 4.69) is 15.9 Å². The van der Waals surface area contributed by atoms with E-state index in [1.54, 1.807) is 0 Å². The molecule has 2 rings (SSSR count). The van der Waals surface area contributed by atoms with Crippen LogP contribution in [0.25, 0.3) is 0 Å². The van der Waals surface area contributed by atoms with E-state index in [4.69, 9.17) is 9.15 Å². The molecular weight excluding hydrogens is 256 g/mol. The Morgan fingerprint density at radius 3 is 2.80 bits per heavy atom. The molecule has 15 heavy (non-hydrogen) atoms. The van der Waals surface area contributed by atoms with E-state index in [1.165, 1.54) is 0 Å². The van der Waals surface area contributed by atoms with Crippen molar-refractivity contribution >= 4 is 15.9 Å². The predicted octanol–water partition coefficient (Wildman–Crippen LogP) is 4.40. The van der Waals surface area contributed by atoms with Crippen LogP contribution in [0.2, 0.25) is 0 Å². The molecule has 0 spiro atoms. The summed E-state index contributed by atoms with van der Waals surface area (Å²) < 4.78 is 12.0. The maximum absolute atomic E-state index is 5.54. The van der Waals surface area contributed by atoms with E-state index in [0.29, 0.717) is 5.95 Å². The third-order valence-corrected chi connectivity index (χ3v) is 2.49. The molecule has 0 bridgehead atoms. The van der Waals surface area contributed by atoms with Crippen LogP contribution in [0.15, 0.2) is 45.3 Å². The molecular formula is C12H11BrO2. The van der Waals surface area contributed by atoms with Crippen molar-refractivity contribution < 1.29 is 9.15 Å². The van der Waals surface area contributed by atoms with Crippen molar-refractivity contribution in [3.05, 3.63) is 46.6 Å². The van der Waals surface area contributed by atoms with Gasteiger partial charge in [-0.05, 0) is 24.3 Å². The van der Waals surface area contributed by atoms with E-state index in [1.807, 2.05) is 43.3 Å². The highest BCUT2D eigenvalue weighted by atomic mass is 79.9. The summed E-state index contributed by atoms with van der Waals surface area (Å²) in [4.78, 5) is 0. The Morgan fingerprint density at radius 1 is 1.27 bits per heavy atom. The molecule has 2 aromatic rings. The summed E-state index contributed by atoms with van der Waals surface area (Å²) in [5, 5.41) is 0. The highest BCUT2D eigenvalue weighted by Gasteiger charge is 2.02. The Balaban J connectivity index is 2.14. The second-order valence-corrected chi connectivity index (χ2v) is 4.05. The fourth-order valence-corrected chi connectivity index (χ4v) is 1.63. The van der Waals surface area contributed by atoms with Gasteiger partial charge in [0.2, 0.25) is 0 Å². The maximum Gasteiger partial charge on any atom is 0.290 e. The number of halogens is 1. The minimum Gasteiger partial charge on any atom is -0.431 e. The lowest BCUT2D eigenvalue weighted by Gasteiger charge is -2.01.